The largest absolute Gasteiger partial charge is 0.497 e. The molecule has 0 spiro atoms. The average molecular weight is 439 g/mol. The van der Waals surface area contributed by atoms with Gasteiger partial charge in [-0.25, -0.2) is 4.39 Å². The van der Waals surface area contributed by atoms with Gasteiger partial charge in [0.2, 0.25) is 0 Å². The minimum Gasteiger partial charge on any atom is -0.497 e. The van der Waals surface area contributed by atoms with Gasteiger partial charge in [0.1, 0.15) is 11.6 Å². The van der Waals surface area contributed by atoms with Crippen molar-refractivity contribution in [2.24, 2.45) is 0 Å². The molecule has 160 valence electrons. The molecule has 3 aromatic rings. The molecule has 0 bridgehead atoms. The van der Waals surface area contributed by atoms with Crippen molar-refractivity contribution in [1.82, 2.24) is 10.2 Å². The molecule has 0 saturated heterocycles. The van der Waals surface area contributed by atoms with Crippen LogP contribution < -0.4 is 10.1 Å². The summed E-state index contributed by atoms with van der Waals surface area (Å²) in [5, 5.41) is 3.04. The lowest BCUT2D eigenvalue weighted by Crippen LogP contribution is -2.35. The highest BCUT2D eigenvalue weighted by atomic mass is 32.1. The average Bonchev–Trinajstić information content (AvgIpc) is 3.23. The molecule has 2 aromatic carbocycles. The number of hydrogen-bond acceptors (Lipinski definition) is 4. The van der Waals surface area contributed by atoms with Gasteiger partial charge in [0.05, 0.1) is 18.0 Å². The fraction of sp³-hybridized carbons (Fsp3) is 0.250. The van der Waals surface area contributed by atoms with E-state index in [0.717, 1.165) is 21.8 Å². The maximum absolute atomic E-state index is 13.1. The molecule has 0 fully saturated rings. The van der Waals surface area contributed by atoms with Gasteiger partial charge in [0, 0.05) is 23.5 Å². The zero-order valence-electron chi connectivity index (χ0n) is 17.4. The molecule has 1 aliphatic heterocycles. The number of thiophene rings is 1. The molecule has 1 aliphatic rings. The van der Waals surface area contributed by atoms with Crippen molar-refractivity contribution in [3.05, 3.63) is 86.9 Å². The summed E-state index contributed by atoms with van der Waals surface area (Å²) in [5.74, 6) is 0.151. The molecule has 31 heavy (non-hydrogen) atoms. The van der Waals surface area contributed by atoms with Crippen LogP contribution in [0, 0.1) is 5.82 Å². The zero-order chi connectivity index (χ0) is 22.0. The second-order valence-corrected chi connectivity index (χ2v) is 8.65. The van der Waals surface area contributed by atoms with Gasteiger partial charge in [-0.2, -0.15) is 0 Å². The van der Waals surface area contributed by atoms with Crippen LogP contribution in [0.4, 0.5) is 4.39 Å². The van der Waals surface area contributed by atoms with Crippen molar-refractivity contribution < 1.29 is 18.7 Å². The predicted molar refractivity (Wildman–Crippen MR) is 118 cm³/mol. The molecule has 1 atom stereocenters. The summed E-state index contributed by atoms with van der Waals surface area (Å²) in [7, 11) is 1.62. The number of hydrogen-bond donors (Lipinski definition) is 1. The van der Waals surface area contributed by atoms with Gasteiger partial charge in [-0.05, 0) is 66.9 Å². The van der Waals surface area contributed by atoms with Crippen molar-refractivity contribution in [3.8, 4) is 5.75 Å². The van der Waals surface area contributed by atoms with E-state index in [2.05, 4.69) is 5.32 Å². The lowest BCUT2D eigenvalue weighted by molar-refractivity contribution is 0.0735. The summed E-state index contributed by atoms with van der Waals surface area (Å²) in [6.07, 6.45) is 0.703. The Kier molecular flexibility index (Phi) is 6.04. The lowest BCUT2D eigenvalue weighted by Gasteiger charge is -2.27. The number of nitrogens with zero attached hydrogens (tertiary/aromatic N) is 1. The maximum atomic E-state index is 13.1. The van der Waals surface area contributed by atoms with Crippen molar-refractivity contribution in [2.75, 3.05) is 13.7 Å². The summed E-state index contributed by atoms with van der Waals surface area (Å²) < 4.78 is 18.3. The van der Waals surface area contributed by atoms with Gasteiger partial charge in [-0.15, -0.1) is 11.3 Å². The van der Waals surface area contributed by atoms with Gasteiger partial charge in [-0.3, -0.25) is 9.59 Å². The molecular formula is C24H23FN2O3S. The highest BCUT2D eigenvalue weighted by Gasteiger charge is 2.25. The number of rotatable bonds is 5. The third-order valence-electron chi connectivity index (χ3n) is 5.43. The zero-order valence-corrected chi connectivity index (χ0v) is 18.2. The van der Waals surface area contributed by atoms with Crippen molar-refractivity contribution in [3.63, 3.8) is 0 Å². The third-order valence-corrected chi connectivity index (χ3v) is 6.67. The number of amides is 2. The molecule has 7 heteroatoms. The molecule has 0 saturated carbocycles. The van der Waals surface area contributed by atoms with E-state index in [1.54, 1.807) is 12.0 Å². The Morgan fingerprint density at radius 3 is 2.52 bits per heavy atom. The predicted octanol–water partition coefficient (Wildman–Crippen LogP) is 4.59. The third kappa shape index (κ3) is 4.61. The Morgan fingerprint density at radius 1 is 1.13 bits per heavy atom. The van der Waals surface area contributed by atoms with Crippen molar-refractivity contribution in [2.45, 2.75) is 25.9 Å². The Morgan fingerprint density at radius 2 is 1.84 bits per heavy atom. The summed E-state index contributed by atoms with van der Waals surface area (Å²) in [6.45, 7) is 2.96. The number of fused-ring (bicyclic) bond motifs is 1. The molecule has 0 aliphatic carbocycles. The van der Waals surface area contributed by atoms with Crippen LogP contribution in [0.2, 0.25) is 0 Å². The van der Waals surface area contributed by atoms with Crippen LogP contribution >= 0.6 is 11.3 Å². The van der Waals surface area contributed by atoms with Crippen molar-refractivity contribution in [1.29, 1.82) is 0 Å². The minimum atomic E-state index is -0.366. The molecule has 1 aromatic heterocycles. The number of methoxy groups -OCH3 is 1. The molecule has 2 amide bonds. The van der Waals surface area contributed by atoms with E-state index in [0.29, 0.717) is 30.0 Å². The molecule has 0 radical (unpaired) electrons. The van der Waals surface area contributed by atoms with Crippen LogP contribution in [0.1, 0.15) is 49.0 Å². The topological polar surface area (TPSA) is 58.6 Å². The quantitative estimate of drug-likeness (QED) is 0.634. The summed E-state index contributed by atoms with van der Waals surface area (Å²) in [5.41, 5.74) is 2.45. The van der Waals surface area contributed by atoms with E-state index in [1.807, 2.05) is 37.3 Å². The SMILES string of the molecule is COc1ccc([C@H](C)NC(=O)c2cc3c(s2)CCN(C(=O)c2ccc(F)cc2)C3)cc1. The first kappa shape index (κ1) is 21.1. The Balaban J connectivity index is 1.42. The molecule has 2 heterocycles. The van der Waals surface area contributed by atoms with Crippen LogP contribution in [-0.2, 0) is 13.0 Å². The second kappa shape index (κ2) is 8.89. The maximum Gasteiger partial charge on any atom is 0.261 e. The second-order valence-electron chi connectivity index (χ2n) is 7.51. The van der Waals surface area contributed by atoms with Gasteiger partial charge in [0.15, 0.2) is 0 Å². The molecule has 1 N–H and O–H groups in total. The lowest BCUT2D eigenvalue weighted by atomic mass is 10.1. The number of nitrogens with one attached hydrogen (secondary N) is 1. The fourth-order valence-corrected chi connectivity index (χ4v) is 4.70. The number of halogens is 1. The van der Waals surface area contributed by atoms with E-state index < -0.39 is 0 Å². The standard InChI is InChI=1S/C24H23FN2O3S/c1-15(16-5-9-20(30-2)10-6-16)26-23(28)22-13-18-14-27(12-11-21(18)31-22)24(29)17-3-7-19(25)8-4-17/h3-10,13,15H,11-12,14H2,1-2H3,(H,26,28)/t15-/m0/s1. The van der Waals surface area contributed by atoms with Crippen LogP contribution in [0.5, 0.6) is 5.75 Å². The van der Waals surface area contributed by atoms with Crippen LogP contribution in [0.25, 0.3) is 0 Å². The molecular weight excluding hydrogens is 415 g/mol. The van der Waals surface area contributed by atoms with Gasteiger partial charge in [-0.1, -0.05) is 12.1 Å². The number of ether oxygens (including phenoxy) is 1. The van der Waals surface area contributed by atoms with Crippen molar-refractivity contribution >= 4 is 23.2 Å². The molecule has 0 unspecified atom stereocenters. The van der Waals surface area contributed by atoms with Gasteiger partial charge < -0.3 is 15.0 Å². The van der Waals surface area contributed by atoms with Crippen LogP contribution in [0.15, 0.2) is 54.6 Å². The van der Waals surface area contributed by atoms with E-state index in [9.17, 15) is 14.0 Å². The normalized spacial score (nSPS) is 14.0. The minimum absolute atomic E-state index is 0.126. The first-order chi connectivity index (χ1) is 14.9. The number of benzene rings is 2. The Bertz CT molecular complexity index is 1090. The fourth-order valence-electron chi connectivity index (χ4n) is 3.64. The first-order valence-corrected chi connectivity index (χ1v) is 10.9. The van der Waals surface area contributed by atoms with Gasteiger partial charge >= 0.3 is 0 Å². The summed E-state index contributed by atoms with van der Waals surface area (Å²) in [6, 6.07) is 14.9. The van der Waals surface area contributed by atoms with Gasteiger partial charge in [0.25, 0.3) is 11.8 Å². The first-order valence-electron chi connectivity index (χ1n) is 10.1. The monoisotopic (exact) mass is 438 g/mol. The highest BCUT2D eigenvalue weighted by molar-refractivity contribution is 7.14. The highest BCUT2D eigenvalue weighted by Crippen LogP contribution is 2.29. The molecule has 4 rings (SSSR count). The summed E-state index contributed by atoms with van der Waals surface area (Å²) >= 11 is 1.48. The van der Waals surface area contributed by atoms with Crippen LogP contribution in [-0.4, -0.2) is 30.4 Å². The Hall–Kier alpha value is -3.19. The van der Waals surface area contributed by atoms with E-state index >= 15 is 0 Å². The Labute approximate surface area is 184 Å². The smallest absolute Gasteiger partial charge is 0.261 e. The summed E-state index contributed by atoms with van der Waals surface area (Å²) in [4.78, 5) is 29.0. The van der Waals surface area contributed by atoms with E-state index in [1.165, 1.54) is 35.6 Å². The molecule has 5 nitrogen and oxygen atoms in total. The number of carbonyl (C=O) groups excluding carboxylic acids is 2. The van der Waals surface area contributed by atoms with E-state index in [4.69, 9.17) is 4.74 Å². The van der Waals surface area contributed by atoms with E-state index in [-0.39, 0.29) is 23.7 Å². The number of carbonyl (C=O) groups is 2. The van der Waals surface area contributed by atoms with Crippen LogP contribution in [0.3, 0.4) is 0 Å².